The van der Waals surface area contributed by atoms with Gasteiger partial charge in [-0.1, -0.05) is 30.3 Å². The zero-order valence-corrected chi connectivity index (χ0v) is 15.6. The van der Waals surface area contributed by atoms with Gasteiger partial charge >= 0.3 is 0 Å². The van der Waals surface area contributed by atoms with Crippen LogP contribution in [0.5, 0.6) is 0 Å². The van der Waals surface area contributed by atoms with Crippen LogP contribution in [0.2, 0.25) is 0 Å². The number of hydrogen-bond acceptors (Lipinski definition) is 4. The number of nitrogens with zero attached hydrogens (tertiary/aromatic N) is 2. The predicted molar refractivity (Wildman–Crippen MR) is 102 cm³/mol. The lowest BCUT2D eigenvalue weighted by Crippen LogP contribution is -2.43. The van der Waals surface area contributed by atoms with Gasteiger partial charge in [-0.3, -0.25) is 14.2 Å². The number of amides is 1. The fourth-order valence-corrected chi connectivity index (χ4v) is 3.89. The maximum Gasteiger partial charge on any atom is 0.262 e. The predicted octanol–water partition coefficient (Wildman–Crippen LogP) is 3.35. The second-order valence-corrected chi connectivity index (χ2v) is 8.08. The first-order valence-electron chi connectivity index (χ1n) is 8.11. The van der Waals surface area contributed by atoms with E-state index in [2.05, 4.69) is 10.3 Å². The third-order valence-electron chi connectivity index (χ3n) is 3.78. The SMILES string of the molecule is Cc1c(-c2ccccc2)sc2ncn(CC(=O)NC(C)(C)C)c(=O)c12. The van der Waals surface area contributed by atoms with E-state index in [1.54, 1.807) is 0 Å². The summed E-state index contributed by atoms with van der Waals surface area (Å²) in [5.74, 6) is -0.202. The first-order chi connectivity index (χ1) is 11.8. The normalized spacial score (nSPS) is 11.7. The van der Waals surface area contributed by atoms with Crippen LogP contribution >= 0.6 is 11.3 Å². The number of carbonyl (C=O) groups is 1. The Balaban J connectivity index is 2.02. The molecule has 0 atom stereocenters. The van der Waals surface area contributed by atoms with Gasteiger partial charge in [-0.05, 0) is 38.8 Å². The summed E-state index contributed by atoms with van der Waals surface area (Å²) < 4.78 is 1.37. The van der Waals surface area contributed by atoms with Crippen LogP contribution < -0.4 is 10.9 Å². The third-order valence-corrected chi connectivity index (χ3v) is 5.03. The average molecular weight is 355 g/mol. The summed E-state index contributed by atoms with van der Waals surface area (Å²) >= 11 is 1.50. The lowest BCUT2D eigenvalue weighted by Gasteiger charge is -2.20. The molecule has 6 heteroatoms. The minimum atomic E-state index is -0.336. The molecular weight excluding hydrogens is 334 g/mol. The van der Waals surface area contributed by atoms with Gasteiger partial charge in [0, 0.05) is 10.4 Å². The van der Waals surface area contributed by atoms with Crippen LogP contribution in [0, 0.1) is 6.92 Å². The zero-order valence-electron chi connectivity index (χ0n) is 14.8. The first kappa shape index (κ1) is 17.4. The molecule has 0 fully saturated rings. The second kappa shape index (κ2) is 6.44. The summed E-state index contributed by atoms with van der Waals surface area (Å²) in [6.45, 7) is 7.62. The fraction of sp³-hybridized carbons (Fsp3) is 0.316. The van der Waals surface area contributed by atoms with Crippen molar-refractivity contribution in [3.8, 4) is 10.4 Å². The van der Waals surface area contributed by atoms with Crippen LogP contribution in [0.3, 0.4) is 0 Å². The molecule has 0 saturated carbocycles. The molecule has 0 radical (unpaired) electrons. The van der Waals surface area contributed by atoms with E-state index in [-0.39, 0.29) is 23.6 Å². The van der Waals surface area contributed by atoms with Crippen molar-refractivity contribution in [2.75, 3.05) is 0 Å². The molecular formula is C19H21N3O2S. The topological polar surface area (TPSA) is 64.0 Å². The summed E-state index contributed by atoms with van der Waals surface area (Å²) in [5, 5.41) is 3.46. The molecule has 0 aliphatic heterocycles. The van der Waals surface area contributed by atoms with Crippen molar-refractivity contribution >= 4 is 27.5 Å². The van der Waals surface area contributed by atoms with Crippen molar-refractivity contribution in [1.29, 1.82) is 0 Å². The molecule has 0 bridgehead atoms. The minimum absolute atomic E-state index is 0.0327. The summed E-state index contributed by atoms with van der Waals surface area (Å²) in [6.07, 6.45) is 1.46. The number of fused-ring (bicyclic) bond motifs is 1. The molecule has 2 aromatic heterocycles. The molecule has 0 aliphatic carbocycles. The number of rotatable bonds is 3. The van der Waals surface area contributed by atoms with Crippen LogP contribution in [0.15, 0.2) is 41.5 Å². The molecule has 1 amide bonds. The van der Waals surface area contributed by atoms with E-state index in [1.165, 1.54) is 22.2 Å². The molecule has 0 unspecified atom stereocenters. The Morgan fingerprint density at radius 2 is 1.92 bits per heavy atom. The molecule has 25 heavy (non-hydrogen) atoms. The molecule has 0 spiro atoms. The van der Waals surface area contributed by atoms with Crippen molar-refractivity contribution in [3.63, 3.8) is 0 Å². The number of hydrogen-bond donors (Lipinski definition) is 1. The average Bonchev–Trinajstić information content (AvgIpc) is 2.87. The second-order valence-electron chi connectivity index (χ2n) is 7.08. The van der Waals surface area contributed by atoms with Gasteiger partial charge in [-0.15, -0.1) is 11.3 Å². The Bertz CT molecular complexity index is 982. The van der Waals surface area contributed by atoms with Gasteiger partial charge in [0.25, 0.3) is 5.56 Å². The Kier molecular flexibility index (Phi) is 4.47. The van der Waals surface area contributed by atoms with Gasteiger partial charge in [0.2, 0.25) is 5.91 Å². The maximum absolute atomic E-state index is 12.8. The molecule has 1 N–H and O–H groups in total. The highest BCUT2D eigenvalue weighted by atomic mass is 32.1. The minimum Gasteiger partial charge on any atom is -0.350 e. The first-order valence-corrected chi connectivity index (χ1v) is 8.93. The summed E-state index contributed by atoms with van der Waals surface area (Å²) in [4.78, 5) is 31.1. The van der Waals surface area contributed by atoms with Gasteiger partial charge in [0.1, 0.15) is 11.4 Å². The molecule has 1 aromatic carbocycles. The van der Waals surface area contributed by atoms with Crippen molar-refractivity contribution in [3.05, 3.63) is 52.6 Å². The van der Waals surface area contributed by atoms with E-state index in [9.17, 15) is 9.59 Å². The number of nitrogens with one attached hydrogen (secondary N) is 1. The van der Waals surface area contributed by atoms with E-state index in [0.717, 1.165) is 16.0 Å². The van der Waals surface area contributed by atoms with Crippen molar-refractivity contribution in [2.24, 2.45) is 0 Å². The van der Waals surface area contributed by atoms with Crippen LogP contribution in [0.25, 0.3) is 20.7 Å². The number of aromatic nitrogens is 2. The van der Waals surface area contributed by atoms with Crippen LogP contribution in [-0.4, -0.2) is 21.0 Å². The number of aryl methyl sites for hydroxylation is 1. The smallest absolute Gasteiger partial charge is 0.262 e. The Hall–Kier alpha value is -2.47. The quantitative estimate of drug-likeness (QED) is 0.784. The van der Waals surface area contributed by atoms with E-state index in [4.69, 9.17) is 0 Å². The molecule has 3 aromatic rings. The highest BCUT2D eigenvalue weighted by Crippen LogP contribution is 2.35. The molecule has 130 valence electrons. The lowest BCUT2D eigenvalue weighted by molar-refractivity contribution is -0.123. The molecule has 3 rings (SSSR count). The fourth-order valence-electron chi connectivity index (χ4n) is 2.75. The molecule has 2 heterocycles. The van der Waals surface area contributed by atoms with Gasteiger partial charge < -0.3 is 5.32 Å². The van der Waals surface area contributed by atoms with E-state index >= 15 is 0 Å². The Morgan fingerprint density at radius 3 is 2.56 bits per heavy atom. The molecule has 5 nitrogen and oxygen atoms in total. The van der Waals surface area contributed by atoms with Gasteiger partial charge in [-0.2, -0.15) is 0 Å². The van der Waals surface area contributed by atoms with Crippen LogP contribution in [-0.2, 0) is 11.3 Å². The van der Waals surface area contributed by atoms with E-state index < -0.39 is 0 Å². The zero-order chi connectivity index (χ0) is 18.2. The van der Waals surface area contributed by atoms with Crippen molar-refractivity contribution in [2.45, 2.75) is 39.8 Å². The maximum atomic E-state index is 12.8. The molecule has 0 saturated heterocycles. The van der Waals surface area contributed by atoms with Gasteiger partial charge in [0.05, 0.1) is 11.7 Å². The third kappa shape index (κ3) is 3.64. The van der Waals surface area contributed by atoms with Crippen LogP contribution in [0.1, 0.15) is 26.3 Å². The summed E-state index contributed by atoms with van der Waals surface area (Å²) in [5.41, 5.74) is 1.47. The van der Waals surface area contributed by atoms with Crippen LogP contribution in [0.4, 0.5) is 0 Å². The Labute approximate surface area is 150 Å². The van der Waals surface area contributed by atoms with Gasteiger partial charge in [-0.25, -0.2) is 4.98 Å². The van der Waals surface area contributed by atoms with E-state index in [1.807, 2.05) is 58.0 Å². The van der Waals surface area contributed by atoms with Gasteiger partial charge in [0.15, 0.2) is 0 Å². The lowest BCUT2D eigenvalue weighted by atomic mass is 10.1. The summed E-state index contributed by atoms with van der Waals surface area (Å²) in [7, 11) is 0. The van der Waals surface area contributed by atoms with E-state index in [0.29, 0.717) is 10.2 Å². The largest absolute Gasteiger partial charge is 0.350 e. The van der Waals surface area contributed by atoms with Crippen molar-refractivity contribution < 1.29 is 4.79 Å². The summed E-state index contributed by atoms with van der Waals surface area (Å²) in [6, 6.07) is 9.95. The Morgan fingerprint density at radius 1 is 1.24 bits per heavy atom. The number of carbonyl (C=O) groups excluding carboxylic acids is 1. The molecule has 0 aliphatic rings. The van der Waals surface area contributed by atoms with Crippen molar-refractivity contribution in [1.82, 2.24) is 14.9 Å². The monoisotopic (exact) mass is 355 g/mol. The number of thiophene rings is 1. The highest BCUT2D eigenvalue weighted by Gasteiger charge is 2.18. The number of benzene rings is 1. The standard InChI is InChI=1S/C19H21N3O2S/c1-12-15-17(25-16(12)13-8-6-5-7-9-13)20-11-22(18(15)24)10-14(23)21-19(2,3)4/h5-9,11H,10H2,1-4H3,(H,21,23). The highest BCUT2D eigenvalue weighted by molar-refractivity contribution is 7.22.